The van der Waals surface area contributed by atoms with Crippen molar-refractivity contribution in [3.63, 3.8) is 0 Å². The van der Waals surface area contributed by atoms with Crippen LogP contribution in [0.15, 0.2) is 239 Å². The van der Waals surface area contributed by atoms with Crippen LogP contribution in [0.25, 0.3) is 122 Å². The van der Waals surface area contributed by atoms with Gasteiger partial charge >= 0.3 is 0 Å². The number of rotatable bonds is 6. The number of anilines is 2. The molecule has 12 aromatic carbocycles. The summed E-state index contributed by atoms with van der Waals surface area (Å²) in [5.41, 5.74) is 18.6. The van der Waals surface area contributed by atoms with Crippen molar-refractivity contribution in [1.82, 2.24) is 19.1 Å². The van der Waals surface area contributed by atoms with E-state index in [2.05, 4.69) is 281 Å². The van der Waals surface area contributed by atoms with E-state index < -0.39 is 0 Å². The molecule has 2 aliphatic heterocycles. The second-order valence-electron chi connectivity index (χ2n) is 20.5. The molecule has 0 fully saturated rings. The topological polar surface area (TPSA) is 42.1 Å². The SMILES string of the molecule is Brc1ccc(-n2c(-c3ccc(-c4ccc5c(c4)CN4CN5Cc5cc(-c6ccc(-c7nc8c9ccccc9c9ccccc9c8n7-c7ccc(Br)cc7)cc6)ccc54)cc3)nc3c4ccccc4c4ccccc4c32)cc1. The van der Waals surface area contributed by atoms with E-state index in [4.69, 9.17) is 9.97 Å². The predicted octanol–water partition coefficient (Wildman–Crippen LogP) is 18.5. The molecule has 77 heavy (non-hydrogen) atoms. The molecule has 0 aliphatic carbocycles. The molecule has 4 heterocycles. The lowest BCUT2D eigenvalue weighted by Crippen LogP contribution is -2.46. The van der Waals surface area contributed by atoms with E-state index in [0.29, 0.717) is 0 Å². The Balaban J connectivity index is 0.705. The van der Waals surface area contributed by atoms with E-state index in [1.165, 1.54) is 77.1 Å². The molecule has 2 bridgehead atoms. The zero-order valence-corrected chi connectivity index (χ0v) is 44.7. The van der Waals surface area contributed by atoms with Crippen LogP contribution in [0, 0.1) is 0 Å². The standard InChI is InChI=1S/C69H44Br2N6/c70-50-27-31-52(32-28-50)76-66-60-15-7-3-11-56(60)54-9-1-5-13-58(54)64(66)72-68(76)44-21-17-42(18-22-44)46-25-35-62-48(37-46)39-74-41-75(62)40-49-38-47(26-36-63(49)74)43-19-23-45(24-20-43)69-73-65-59-14-6-2-10-55(59)57-12-4-8-16-61(57)67(65)77(69)53-33-29-51(71)30-34-53/h1-38H,39-41H2. The summed E-state index contributed by atoms with van der Waals surface area (Å²) in [7, 11) is 0. The van der Waals surface area contributed by atoms with Crippen LogP contribution in [0.1, 0.15) is 11.1 Å². The van der Waals surface area contributed by atoms with Gasteiger partial charge in [0.2, 0.25) is 0 Å². The summed E-state index contributed by atoms with van der Waals surface area (Å²) in [6.45, 7) is 2.57. The molecular formula is C69H44Br2N6. The maximum Gasteiger partial charge on any atom is 0.145 e. The summed E-state index contributed by atoms with van der Waals surface area (Å²) in [5.74, 6) is 1.84. The normalized spacial score (nSPS) is 13.1. The van der Waals surface area contributed by atoms with E-state index >= 15 is 0 Å². The number of hydrogen-bond donors (Lipinski definition) is 0. The van der Waals surface area contributed by atoms with Crippen molar-refractivity contribution in [2.75, 3.05) is 16.5 Å². The average molecular weight is 1120 g/mol. The van der Waals surface area contributed by atoms with Crippen molar-refractivity contribution < 1.29 is 0 Å². The fourth-order valence-electron chi connectivity index (χ4n) is 12.5. The van der Waals surface area contributed by atoms with Gasteiger partial charge in [0, 0.05) is 77.5 Å². The number of aromatic nitrogens is 4. The molecular weight excluding hydrogens is 1070 g/mol. The highest BCUT2D eigenvalue weighted by Crippen LogP contribution is 2.44. The molecule has 0 amide bonds. The fraction of sp³-hybridized carbons (Fsp3) is 0.0435. The minimum atomic E-state index is 0.849. The Morgan fingerprint density at radius 1 is 0.312 bits per heavy atom. The van der Waals surface area contributed by atoms with Crippen molar-refractivity contribution in [3.8, 4) is 56.4 Å². The van der Waals surface area contributed by atoms with E-state index in [1.807, 2.05) is 0 Å². The molecule has 2 aliphatic rings. The summed E-state index contributed by atoms with van der Waals surface area (Å²) < 4.78 is 6.77. The Labute approximate surface area is 461 Å². The van der Waals surface area contributed by atoms with Crippen molar-refractivity contribution in [3.05, 3.63) is 251 Å². The monoisotopic (exact) mass is 1110 g/mol. The van der Waals surface area contributed by atoms with Gasteiger partial charge in [0.1, 0.15) is 11.6 Å². The van der Waals surface area contributed by atoms with Gasteiger partial charge < -0.3 is 9.80 Å². The van der Waals surface area contributed by atoms with Crippen molar-refractivity contribution in [2.45, 2.75) is 13.1 Å². The maximum atomic E-state index is 5.48. The first-order valence-corrected chi connectivity index (χ1v) is 27.7. The lowest BCUT2D eigenvalue weighted by molar-refractivity contribution is 0.651. The van der Waals surface area contributed by atoms with Crippen LogP contribution in [0.4, 0.5) is 11.4 Å². The van der Waals surface area contributed by atoms with Gasteiger partial charge in [-0.2, -0.15) is 0 Å². The zero-order chi connectivity index (χ0) is 50.9. The molecule has 8 heteroatoms. The largest absolute Gasteiger partial charge is 0.349 e. The lowest BCUT2D eigenvalue weighted by atomic mass is 9.95. The molecule has 0 spiro atoms. The van der Waals surface area contributed by atoms with Crippen LogP contribution in [0.5, 0.6) is 0 Å². The van der Waals surface area contributed by atoms with Crippen molar-refractivity contribution in [1.29, 1.82) is 0 Å². The van der Waals surface area contributed by atoms with Crippen LogP contribution in [0.2, 0.25) is 0 Å². The maximum absolute atomic E-state index is 5.48. The van der Waals surface area contributed by atoms with Gasteiger partial charge in [0.25, 0.3) is 0 Å². The second kappa shape index (κ2) is 17.4. The molecule has 16 rings (SSSR count). The molecule has 0 N–H and O–H groups in total. The van der Waals surface area contributed by atoms with Gasteiger partial charge in [-0.25, -0.2) is 9.97 Å². The Morgan fingerprint density at radius 2 is 0.636 bits per heavy atom. The van der Waals surface area contributed by atoms with E-state index in [0.717, 1.165) is 95.7 Å². The highest BCUT2D eigenvalue weighted by Gasteiger charge is 2.30. The van der Waals surface area contributed by atoms with Gasteiger partial charge in [-0.3, -0.25) is 9.13 Å². The minimum absolute atomic E-state index is 0.849. The number of hydrogen-bond acceptors (Lipinski definition) is 4. The minimum Gasteiger partial charge on any atom is -0.349 e. The quantitative estimate of drug-likeness (QED) is 0.156. The first kappa shape index (κ1) is 44.5. The van der Waals surface area contributed by atoms with Crippen molar-refractivity contribution in [2.24, 2.45) is 0 Å². The third-order valence-corrected chi connectivity index (χ3v) is 17.1. The first-order valence-electron chi connectivity index (χ1n) is 26.1. The van der Waals surface area contributed by atoms with Crippen LogP contribution in [-0.2, 0) is 13.1 Å². The summed E-state index contributed by atoms with van der Waals surface area (Å²) in [5, 5.41) is 9.58. The Morgan fingerprint density at radius 3 is 1.03 bits per heavy atom. The smallest absolute Gasteiger partial charge is 0.145 e. The van der Waals surface area contributed by atoms with Crippen LogP contribution < -0.4 is 9.80 Å². The molecule has 0 radical (unpaired) electrons. The zero-order valence-electron chi connectivity index (χ0n) is 41.5. The van der Waals surface area contributed by atoms with Crippen LogP contribution >= 0.6 is 31.9 Å². The molecule has 2 aromatic heterocycles. The molecule has 6 nitrogen and oxygen atoms in total. The van der Waals surface area contributed by atoms with Gasteiger partial charge in [-0.1, -0.05) is 190 Å². The van der Waals surface area contributed by atoms with E-state index in [-0.39, 0.29) is 0 Å². The molecule has 364 valence electrons. The lowest BCUT2D eigenvalue weighted by Gasteiger charge is -2.45. The molecule has 0 saturated carbocycles. The Hall–Kier alpha value is -8.82. The fourth-order valence-corrected chi connectivity index (χ4v) is 13.1. The second-order valence-corrected chi connectivity index (χ2v) is 22.3. The van der Waals surface area contributed by atoms with Gasteiger partial charge in [-0.15, -0.1) is 0 Å². The molecule has 14 aromatic rings. The Bertz CT molecular complexity index is 4430. The van der Waals surface area contributed by atoms with E-state index in [1.54, 1.807) is 0 Å². The van der Waals surface area contributed by atoms with Gasteiger partial charge in [0.05, 0.1) is 28.7 Å². The highest BCUT2D eigenvalue weighted by molar-refractivity contribution is 9.10. The van der Waals surface area contributed by atoms with Crippen LogP contribution in [-0.4, -0.2) is 25.8 Å². The van der Waals surface area contributed by atoms with Crippen molar-refractivity contribution >= 4 is 108 Å². The summed E-state index contributed by atoms with van der Waals surface area (Å²) in [6.07, 6.45) is 0. The summed E-state index contributed by atoms with van der Waals surface area (Å²) >= 11 is 7.35. The molecule has 0 saturated heterocycles. The average Bonchev–Trinajstić information content (AvgIpc) is 4.29. The number of benzene rings is 12. The van der Waals surface area contributed by atoms with Gasteiger partial charge in [0.15, 0.2) is 0 Å². The number of fused-ring (bicyclic) bond motifs is 18. The molecule has 0 unspecified atom stereocenters. The Kier molecular flexibility index (Phi) is 10.0. The number of halogens is 2. The highest BCUT2D eigenvalue weighted by atomic mass is 79.9. The number of imidazole rings is 2. The van der Waals surface area contributed by atoms with E-state index in [9.17, 15) is 0 Å². The summed E-state index contributed by atoms with van der Waals surface area (Å²) in [4.78, 5) is 16.0. The third-order valence-electron chi connectivity index (χ3n) is 16.1. The van der Waals surface area contributed by atoms with Gasteiger partial charge in [-0.05, 0) is 128 Å². The van der Waals surface area contributed by atoms with Crippen LogP contribution in [0.3, 0.4) is 0 Å². The summed E-state index contributed by atoms with van der Waals surface area (Å²) in [6, 6.07) is 83.9. The number of nitrogens with zero attached hydrogens (tertiary/aromatic N) is 6. The molecule has 0 atom stereocenters. The predicted molar refractivity (Wildman–Crippen MR) is 327 cm³/mol. The first-order chi connectivity index (χ1) is 38.0. The third kappa shape index (κ3) is 7.05.